The van der Waals surface area contributed by atoms with Gasteiger partial charge < -0.3 is 16.0 Å². The highest BCUT2D eigenvalue weighted by molar-refractivity contribution is 5.94. The van der Waals surface area contributed by atoms with Crippen molar-refractivity contribution in [3.63, 3.8) is 0 Å². The topological polar surface area (TPSA) is 75.4 Å². The fraction of sp³-hybridized carbons (Fsp3) is 0.556. The zero-order valence-electron chi connectivity index (χ0n) is 14.7. The second-order valence-corrected chi connectivity index (χ2v) is 6.73. The predicted molar refractivity (Wildman–Crippen MR) is 99.1 cm³/mol. The maximum Gasteiger partial charge on any atom is 0.244 e. The number of carbonyl (C=O) groups is 2. The first-order chi connectivity index (χ1) is 11.4. The summed E-state index contributed by atoms with van der Waals surface area (Å²) in [6, 6.07) is 5.55. The molecule has 3 N–H and O–H groups in total. The van der Waals surface area contributed by atoms with Crippen molar-refractivity contribution in [2.24, 2.45) is 11.7 Å². The molecule has 0 radical (unpaired) electrons. The minimum atomic E-state index is -0.361. The highest BCUT2D eigenvalue weighted by Gasteiger charge is 2.29. The first-order valence-corrected chi connectivity index (χ1v) is 8.47. The van der Waals surface area contributed by atoms with Gasteiger partial charge in [0.2, 0.25) is 11.8 Å². The standard InChI is InChI=1S/C18H26FN3O2.ClH/c1-12(2)22(18(24)10-13-4-3-5-16(13)20)11-17(23)21-15-8-6-14(19)7-9-15;/h6-9,12-13,16H,3-5,10-11,20H2,1-2H3,(H,21,23);1H/t13-,16+;/m0./s1. The van der Waals surface area contributed by atoms with E-state index in [1.165, 1.54) is 24.3 Å². The van der Waals surface area contributed by atoms with Gasteiger partial charge in [-0.05, 0) is 56.9 Å². The van der Waals surface area contributed by atoms with Crippen LogP contribution in [0, 0.1) is 11.7 Å². The van der Waals surface area contributed by atoms with Crippen LogP contribution in [0.1, 0.15) is 39.5 Å². The summed E-state index contributed by atoms with van der Waals surface area (Å²) in [6.07, 6.45) is 3.39. The third-order valence-corrected chi connectivity index (χ3v) is 4.54. The molecule has 0 bridgehead atoms. The molecule has 7 heteroatoms. The lowest BCUT2D eigenvalue weighted by Crippen LogP contribution is -2.43. The lowest BCUT2D eigenvalue weighted by atomic mass is 9.99. The number of nitrogens with two attached hydrogens (primary N) is 1. The third kappa shape index (κ3) is 6.29. The van der Waals surface area contributed by atoms with Crippen molar-refractivity contribution < 1.29 is 14.0 Å². The van der Waals surface area contributed by atoms with Gasteiger partial charge in [0.25, 0.3) is 0 Å². The molecule has 0 aromatic heterocycles. The molecule has 0 heterocycles. The Morgan fingerprint density at radius 1 is 1.28 bits per heavy atom. The summed E-state index contributed by atoms with van der Waals surface area (Å²) in [6.45, 7) is 3.76. The van der Waals surface area contributed by atoms with E-state index < -0.39 is 0 Å². The average Bonchev–Trinajstić information content (AvgIpc) is 2.92. The van der Waals surface area contributed by atoms with Crippen LogP contribution in [0.3, 0.4) is 0 Å². The Kier molecular flexibility index (Phi) is 8.32. The number of hydrogen-bond acceptors (Lipinski definition) is 3. The summed E-state index contributed by atoms with van der Waals surface area (Å²) in [7, 11) is 0. The smallest absolute Gasteiger partial charge is 0.244 e. The van der Waals surface area contributed by atoms with Crippen molar-refractivity contribution in [1.82, 2.24) is 4.90 Å². The predicted octanol–water partition coefficient (Wildman–Crippen LogP) is 2.94. The number of anilines is 1. The SMILES string of the molecule is CC(C)N(CC(=O)Nc1ccc(F)cc1)C(=O)C[C@@H]1CCC[C@H]1N.Cl. The number of rotatable bonds is 6. The molecule has 2 atom stereocenters. The average molecular weight is 372 g/mol. The molecule has 2 rings (SSSR count). The highest BCUT2D eigenvalue weighted by atomic mass is 35.5. The van der Waals surface area contributed by atoms with Gasteiger partial charge in [0.05, 0.1) is 0 Å². The number of carbonyl (C=O) groups excluding carboxylic acids is 2. The normalized spacial score (nSPS) is 19.4. The van der Waals surface area contributed by atoms with E-state index in [9.17, 15) is 14.0 Å². The quantitative estimate of drug-likeness (QED) is 0.807. The largest absolute Gasteiger partial charge is 0.331 e. The highest BCUT2D eigenvalue weighted by Crippen LogP contribution is 2.27. The van der Waals surface area contributed by atoms with Gasteiger partial charge >= 0.3 is 0 Å². The van der Waals surface area contributed by atoms with Gasteiger partial charge in [-0.25, -0.2) is 4.39 Å². The Balaban J connectivity index is 0.00000312. The molecule has 1 fully saturated rings. The van der Waals surface area contributed by atoms with E-state index >= 15 is 0 Å². The molecule has 0 unspecified atom stereocenters. The number of halogens is 2. The van der Waals surface area contributed by atoms with Crippen LogP contribution in [0.4, 0.5) is 10.1 Å². The van der Waals surface area contributed by atoms with Gasteiger partial charge in [-0.1, -0.05) is 6.42 Å². The van der Waals surface area contributed by atoms with Gasteiger partial charge in [-0.3, -0.25) is 9.59 Å². The van der Waals surface area contributed by atoms with Crippen molar-refractivity contribution in [3.05, 3.63) is 30.1 Å². The second-order valence-electron chi connectivity index (χ2n) is 6.73. The van der Waals surface area contributed by atoms with E-state index in [1.807, 2.05) is 13.8 Å². The molecule has 140 valence electrons. The fourth-order valence-corrected chi connectivity index (χ4v) is 3.11. The van der Waals surface area contributed by atoms with Crippen LogP contribution >= 0.6 is 12.4 Å². The maximum atomic E-state index is 12.9. The Hall–Kier alpha value is -1.66. The first-order valence-electron chi connectivity index (χ1n) is 8.47. The Labute approximate surface area is 154 Å². The lowest BCUT2D eigenvalue weighted by molar-refractivity contribution is -0.137. The van der Waals surface area contributed by atoms with Crippen molar-refractivity contribution in [2.45, 2.75) is 51.6 Å². The summed E-state index contributed by atoms with van der Waals surface area (Å²) >= 11 is 0. The van der Waals surface area contributed by atoms with Crippen molar-refractivity contribution in [3.8, 4) is 0 Å². The molecule has 5 nitrogen and oxygen atoms in total. The summed E-state index contributed by atoms with van der Waals surface area (Å²) in [5, 5.41) is 2.69. The molecule has 1 aliphatic rings. The van der Waals surface area contributed by atoms with E-state index in [2.05, 4.69) is 5.32 Å². The fourth-order valence-electron chi connectivity index (χ4n) is 3.11. The van der Waals surface area contributed by atoms with Gasteiger partial charge in [0, 0.05) is 24.2 Å². The van der Waals surface area contributed by atoms with Crippen LogP contribution in [0.15, 0.2) is 24.3 Å². The zero-order chi connectivity index (χ0) is 17.7. The first kappa shape index (κ1) is 21.4. The van der Waals surface area contributed by atoms with Crippen molar-refractivity contribution in [2.75, 3.05) is 11.9 Å². The number of hydrogen-bond donors (Lipinski definition) is 2. The zero-order valence-corrected chi connectivity index (χ0v) is 15.5. The van der Waals surface area contributed by atoms with Crippen LogP contribution in [0.25, 0.3) is 0 Å². The monoisotopic (exact) mass is 371 g/mol. The molecular weight excluding hydrogens is 345 g/mol. The van der Waals surface area contributed by atoms with Crippen molar-refractivity contribution in [1.29, 1.82) is 0 Å². The molecule has 1 aromatic rings. The Morgan fingerprint density at radius 3 is 2.44 bits per heavy atom. The number of amides is 2. The second kappa shape index (κ2) is 9.73. The van der Waals surface area contributed by atoms with Gasteiger partial charge in [-0.2, -0.15) is 0 Å². The Morgan fingerprint density at radius 2 is 1.92 bits per heavy atom. The molecule has 2 amide bonds. The number of benzene rings is 1. The van der Waals surface area contributed by atoms with Crippen LogP contribution in [-0.2, 0) is 9.59 Å². The molecule has 1 aliphatic carbocycles. The van der Waals surface area contributed by atoms with Crippen LogP contribution < -0.4 is 11.1 Å². The van der Waals surface area contributed by atoms with Gasteiger partial charge in [0.15, 0.2) is 0 Å². The molecule has 0 aliphatic heterocycles. The minimum absolute atomic E-state index is 0. The summed E-state index contributed by atoms with van der Waals surface area (Å²) in [4.78, 5) is 26.3. The molecule has 0 spiro atoms. The molecule has 0 saturated heterocycles. The van der Waals surface area contributed by atoms with Gasteiger partial charge in [0.1, 0.15) is 12.4 Å². The van der Waals surface area contributed by atoms with Crippen LogP contribution in [-0.4, -0.2) is 35.3 Å². The number of nitrogens with zero attached hydrogens (tertiary/aromatic N) is 1. The van der Waals surface area contributed by atoms with E-state index in [4.69, 9.17) is 5.73 Å². The maximum absolute atomic E-state index is 12.9. The molecule has 25 heavy (non-hydrogen) atoms. The third-order valence-electron chi connectivity index (χ3n) is 4.54. The van der Waals surface area contributed by atoms with E-state index in [0.29, 0.717) is 12.1 Å². The van der Waals surface area contributed by atoms with E-state index in [-0.39, 0.29) is 54.6 Å². The summed E-state index contributed by atoms with van der Waals surface area (Å²) in [5.41, 5.74) is 6.55. The summed E-state index contributed by atoms with van der Waals surface area (Å²) in [5.74, 6) is -0.486. The Bertz CT molecular complexity index is 580. The lowest BCUT2D eigenvalue weighted by Gasteiger charge is -2.28. The van der Waals surface area contributed by atoms with Crippen molar-refractivity contribution >= 4 is 29.9 Å². The molecule has 1 saturated carbocycles. The minimum Gasteiger partial charge on any atom is -0.331 e. The van der Waals surface area contributed by atoms with E-state index in [1.54, 1.807) is 4.90 Å². The van der Waals surface area contributed by atoms with E-state index in [0.717, 1.165) is 19.3 Å². The molecule has 1 aromatic carbocycles. The number of nitrogens with one attached hydrogen (secondary N) is 1. The van der Waals surface area contributed by atoms with Crippen LogP contribution in [0.2, 0.25) is 0 Å². The van der Waals surface area contributed by atoms with Gasteiger partial charge in [-0.15, -0.1) is 12.4 Å². The van der Waals surface area contributed by atoms with Crippen LogP contribution in [0.5, 0.6) is 0 Å². The molecular formula is C18H27ClFN3O2. The summed E-state index contributed by atoms with van der Waals surface area (Å²) < 4.78 is 12.9.